The third-order valence-corrected chi connectivity index (χ3v) is 9.02. The average Bonchev–Trinajstić information content (AvgIpc) is 2.95. The first-order valence-electron chi connectivity index (χ1n) is 9.75. The first-order chi connectivity index (χ1) is 14.3. The van der Waals surface area contributed by atoms with Crippen molar-refractivity contribution in [2.75, 3.05) is 5.32 Å². The zero-order valence-electron chi connectivity index (χ0n) is 15.7. The molecule has 0 aliphatic carbocycles. The SMILES string of the molecule is O=P1(c2ccccc2)C2=C(c3ccccc3Nc3ccccc32)c2ccccc21. The zero-order chi connectivity index (χ0) is 19.4. The highest BCUT2D eigenvalue weighted by Gasteiger charge is 2.45. The number of fused-ring (bicyclic) bond motifs is 6. The summed E-state index contributed by atoms with van der Waals surface area (Å²) in [6.45, 7) is 0. The quantitative estimate of drug-likeness (QED) is 0.404. The monoisotopic (exact) mass is 391 g/mol. The van der Waals surface area contributed by atoms with Gasteiger partial charge in [-0.3, -0.25) is 0 Å². The van der Waals surface area contributed by atoms with Gasteiger partial charge >= 0.3 is 0 Å². The van der Waals surface area contributed by atoms with Crippen molar-refractivity contribution < 1.29 is 4.57 Å². The molecule has 29 heavy (non-hydrogen) atoms. The minimum absolute atomic E-state index is 0.881. The van der Waals surface area contributed by atoms with E-state index >= 15 is 4.57 Å². The van der Waals surface area contributed by atoms with Gasteiger partial charge in [0.25, 0.3) is 0 Å². The molecule has 6 rings (SSSR count). The van der Waals surface area contributed by atoms with Crippen molar-refractivity contribution in [3.63, 3.8) is 0 Å². The van der Waals surface area contributed by atoms with Crippen LogP contribution in [0.2, 0.25) is 0 Å². The third-order valence-electron chi connectivity index (χ3n) is 5.83. The molecule has 2 nitrogen and oxygen atoms in total. The summed E-state index contributed by atoms with van der Waals surface area (Å²) < 4.78 is 15.0. The Bertz CT molecular complexity index is 1350. The van der Waals surface area contributed by atoms with Gasteiger partial charge in [0.15, 0.2) is 7.14 Å². The Hall–Kier alpha value is -3.35. The van der Waals surface area contributed by atoms with Gasteiger partial charge < -0.3 is 9.88 Å². The number of hydrogen-bond donors (Lipinski definition) is 1. The maximum atomic E-state index is 15.0. The fourth-order valence-electron chi connectivity index (χ4n) is 4.60. The Morgan fingerprint density at radius 1 is 0.552 bits per heavy atom. The van der Waals surface area contributed by atoms with Crippen LogP contribution in [0.15, 0.2) is 103 Å². The van der Waals surface area contributed by atoms with Gasteiger partial charge in [0, 0.05) is 44.0 Å². The minimum Gasteiger partial charge on any atom is -0.355 e. The van der Waals surface area contributed by atoms with E-state index in [4.69, 9.17) is 0 Å². The standard InChI is InChI=1S/C26H18NOP/c28-29(18-10-2-1-3-11-18)24-17-9-6-14-21(24)25-19-12-4-7-15-22(19)27-23-16-8-5-13-20(23)26(25)29/h1-17,27H. The Kier molecular flexibility index (Phi) is 3.47. The number of anilines is 2. The van der Waals surface area contributed by atoms with E-state index in [9.17, 15) is 0 Å². The molecule has 2 aliphatic rings. The Morgan fingerprint density at radius 3 is 1.86 bits per heavy atom. The summed E-state index contributed by atoms with van der Waals surface area (Å²) >= 11 is 0. The second-order valence-corrected chi connectivity index (χ2v) is 10.1. The van der Waals surface area contributed by atoms with Crippen LogP contribution < -0.4 is 15.9 Å². The molecule has 4 aromatic carbocycles. The highest BCUT2D eigenvalue weighted by molar-refractivity contribution is 7.88. The first kappa shape index (κ1) is 16.6. The number of rotatable bonds is 1. The summed E-state index contributed by atoms with van der Waals surface area (Å²) in [5, 5.41) is 6.35. The molecule has 0 aromatic heterocycles. The lowest BCUT2D eigenvalue weighted by atomic mass is 9.95. The van der Waals surface area contributed by atoms with Crippen LogP contribution in [0.1, 0.15) is 16.7 Å². The van der Waals surface area contributed by atoms with Gasteiger partial charge in [-0.2, -0.15) is 0 Å². The molecule has 1 N–H and O–H groups in total. The van der Waals surface area contributed by atoms with Gasteiger partial charge in [-0.05, 0) is 17.7 Å². The van der Waals surface area contributed by atoms with Gasteiger partial charge in [-0.1, -0.05) is 91.0 Å². The average molecular weight is 391 g/mol. The zero-order valence-corrected chi connectivity index (χ0v) is 16.6. The maximum Gasteiger partial charge on any atom is 0.172 e. The van der Waals surface area contributed by atoms with Crippen molar-refractivity contribution in [2.24, 2.45) is 0 Å². The maximum absolute atomic E-state index is 15.0. The van der Waals surface area contributed by atoms with Crippen LogP contribution in [0.5, 0.6) is 0 Å². The first-order valence-corrected chi connectivity index (χ1v) is 11.5. The summed E-state index contributed by atoms with van der Waals surface area (Å²) in [6, 6.07) is 34.6. The number of benzene rings is 4. The molecule has 2 heterocycles. The topological polar surface area (TPSA) is 29.1 Å². The lowest BCUT2D eigenvalue weighted by Crippen LogP contribution is -2.15. The summed E-state index contributed by atoms with van der Waals surface area (Å²) in [6.07, 6.45) is 0. The summed E-state index contributed by atoms with van der Waals surface area (Å²) in [7, 11) is -3.02. The van der Waals surface area contributed by atoms with Crippen LogP contribution in [-0.2, 0) is 4.57 Å². The van der Waals surface area contributed by atoms with E-state index in [1.165, 1.54) is 0 Å². The van der Waals surface area contributed by atoms with Crippen molar-refractivity contribution in [2.45, 2.75) is 0 Å². The van der Waals surface area contributed by atoms with Crippen molar-refractivity contribution in [1.29, 1.82) is 0 Å². The lowest BCUT2D eigenvalue weighted by molar-refractivity contribution is 0.593. The molecule has 0 saturated heterocycles. The summed E-state index contributed by atoms with van der Waals surface area (Å²) in [5.41, 5.74) is 6.30. The van der Waals surface area contributed by atoms with Crippen LogP contribution in [0.4, 0.5) is 11.4 Å². The fraction of sp³-hybridized carbons (Fsp3) is 0. The van der Waals surface area contributed by atoms with Gasteiger partial charge in [0.2, 0.25) is 0 Å². The molecule has 0 bridgehead atoms. The molecule has 2 aliphatic heterocycles. The predicted octanol–water partition coefficient (Wildman–Crippen LogP) is 5.99. The molecule has 0 saturated carbocycles. The largest absolute Gasteiger partial charge is 0.355 e. The van der Waals surface area contributed by atoms with Crippen molar-refractivity contribution in [1.82, 2.24) is 0 Å². The Balaban J connectivity index is 1.83. The van der Waals surface area contributed by atoms with Gasteiger partial charge in [-0.15, -0.1) is 0 Å². The van der Waals surface area contributed by atoms with Crippen molar-refractivity contribution >= 4 is 40.0 Å². The molecule has 138 valence electrons. The molecule has 0 radical (unpaired) electrons. The van der Waals surface area contributed by atoms with E-state index in [0.29, 0.717) is 0 Å². The molecule has 1 unspecified atom stereocenters. The van der Waals surface area contributed by atoms with Gasteiger partial charge in [0.1, 0.15) is 0 Å². The summed E-state index contributed by atoms with van der Waals surface area (Å²) in [4.78, 5) is 0. The molecule has 4 aromatic rings. The van der Waals surface area contributed by atoms with Gasteiger partial charge in [-0.25, -0.2) is 0 Å². The Morgan fingerprint density at radius 2 is 1.10 bits per heavy atom. The molecule has 0 amide bonds. The number of nitrogens with one attached hydrogen (secondary N) is 1. The van der Waals surface area contributed by atoms with E-state index in [1.807, 2.05) is 66.7 Å². The fourth-order valence-corrected chi connectivity index (χ4v) is 7.88. The highest BCUT2D eigenvalue weighted by atomic mass is 31.2. The lowest BCUT2D eigenvalue weighted by Gasteiger charge is -2.20. The highest BCUT2D eigenvalue weighted by Crippen LogP contribution is 2.67. The predicted molar refractivity (Wildman–Crippen MR) is 122 cm³/mol. The van der Waals surface area contributed by atoms with Crippen LogP contribution in [0, 0.1) is 0 Å². The molecular formula is C26H18NOP. The van der Waals surface area contributed by atoms with Crippen LogP contribution in [0.3, 0.4) is 0 Å². The minimum atomic E-state index is -3.02. The molecule has 3 heteroatoms. The Labute approximate surface area is 169 Å². The third kappa shape index (κ3) is 2.21. The smallest absolute Gasteiger partial charge is 0.172 e. The van der Waals surface area contributed by atoms with Gasteiger partial charge in [0.05, 0.1) is 0 Å². The molecular weight excluding hydrogens is 373 g/mol. The normalized spacial score (nSPS) is 18.8. The van der Waals surface area contributed by atoms with Crippen LogP contribution in [-0.4, -0.2) is 0 Å². The van der Waals surface area contributed by atoms with E-state index in [1.54, 1.807) is 0 Å². The van der Waals surface area contributed by atoms with Crippen molar-refractivity contribution in [3.8, 4) is 0 Å². The molecule has 0 fully saturated rings. The van der Waals surface area contributed by atoms with Crippen LogP contribution in [0.25, 0.3) is 10.9 Å². The summed E-state index contributed by atoms with van der Waals surface area (Å²) in [5.74, 6) is 0. The van der Waals surface area contributed by atoms with E-state index < -0.39 is 7.14 Å². The van der Waals surface area contributed by atoms with Crippen molar-refractivity contribution in [3.05, 3.63) is 120 Å². The van der Waals surface area contributed by atoms with E-state index in [0.717, 1.165) is 49.6 Å². The van der Waals surface area contributed by atoms with Crippen LogP contribution >= 0.6 is 7.14 Å². The van der Waals surface area contributed by atoms with E-state index in [-0.39, 0.29) is 0 Å². The second kappa shape index (κ2) is 6.07. The number of hydrogen-bond acceptors (Lipinski definition) is 2. The molecule has 1 atom stereocenters. The molecule has 0 spiro atoms. The second-order valence-electron chi connectivity index (χ2n) is 7.40. The number of para-hydroxylation sites is 2. The van der Waals surface area contributed by atoms with E-state index in [2.05, 4.69) is 41.7 Å².